The molecule has 3 aromatic rings. The van der Waals surface area contributed by atoms with E-state index in [2.05, 4.69) is 4.98 Å². The van der Waals surface area contributed by atoms with Gasteiger partial charge in [0.05, 0.1) is 32.4 Å². The number of carbonyl (C=O) groups is 1. The molecule has 27 heavy (non-hydrogen) atoms. The minimum absolute atomic E-state index is 0.253. The molecule has 0 atom stereocenters. The standard InChI is InChI=1S/C21H18ClNO4/c1-25-18-11-9-15(19(26-2)20(18)27-3)17(24)10-8-14-12-13-6-4-5-7-16(13)23-21(14)22/h4-12H,1-3H3/b10-8+. The van der Waals surface area contributed by atoms with Crippen molar-refractivity contribution in [1.82, 2.24) is 4.98 Å². The smallest absolute Gasteiger partial charge is 0.204 e. The second kappa shape index (κ2) is 8.10. The van der Waals surface area contributed by atoms with Crippen LogP contribution in [0.5, 0.6) is 17.2 Å². The summed E-state index contributed by atoms with van der Waals surface area (Å²) in [6.45, 7) is 0. The zero-order valence-corrected chi connectivity index (χ0v) is 15.9. The highest BCUT2D eigenvalue weighted by Crippen LogP contribution is 2.40. The summed E-state index contributed by atoms with van der Waals surface area (Å²) in [5.74, 6) is 0.910. The SMILES string of the molecule is COc1ccc(C(=O)/C=C/c2cc3ccccc3nc2Cl)c(OC)c1OC. The minimum atomic E-state index is -0.253. The highest BCUT2D eigenvalue weighted by atomic mass is 35.5. The van der Waals surface area contributed by atoms with Crippen molar-refractivity contribution in [2.24, 2.45) is 0 Å². The quantitative estimate of drug-likeness (QED) is 0.347. The van der Waals surface area contributed by atoms with Crippen LogP contribution >= 0.6 is 11.6 Å². The predicted molar refractivity (Wildman–Crippen MR) is 106 cm³/mol. The number of carbonyl (C=O) groups excluding carboxylic acids is 1. The number of benzene rings is 2. The number of pyridine rings is 1. The lowest BCUT2D eigenvalue weighted by Gasteiger charge is -2.14. The van der Waals surface area contributed by atoms with Gasteiger partial charge in [-0.2, -0.15) is 0 Å². The van der Waals surface area contributed by atoms with Crippen LogP contribution in [-0.4, -0.2) is 32.1 Å². The van der Waals surface area contributed by atoms with Crippen molar-refractivity contribution in [1.29, 1.82) is 0 Å². The van der Waals surface area contributed by atoms with E-state index in [1.54, 1.807) is 18.2 Å². The number of fused-ring (bicyclic) bond motifs is 1. The van der Waals surface area contributed by atoms with Gasteiger partial charge in [-0.1, -0.05) is 29.8 Å². The Morgan fingerprint density at radius 2 is 1.74 bits per heavy atom. The number of rotatable bonds is 6. The van der Waals surface area contributed by atoms with Gasteiger partial charge in [-0.25, -0.2) is 4.98 Å². The van der Waals surface area contributed by atoms with Gasteiger partial charge in [0.1, 0.15) is 5.15 Å². The number of para-hydroxylation sites is 1. The average Bonchev–Trinajstić information content (AvgIpc) is 2.70. The van der Waals surface area contributed by atoms with Crippen molar-refractivity contribution < 1.29 is 19.0 Å². The van der Waals surface area contributed by atoms with Gasteiger partial charge in [-0.15, -0.1) is 0 Å². The van der Waals surface area contributed by atoms with Gasteiger partial charge < -0.3 is 14.2 Å². The lowest BCUT2D eigenvalue weighted by atomic mass is 10.1. The van der Waals surface area contributed by atoms with E-state index < -0.39 is 0 Å². The number of methoxy groups -OCH3 is 3. The molecule has 2 aromatic carbocycles. The maximum atomic E-state index is 12.7. The number of hydrogen-bond donors (Lipinski definition) is 0. The van der Waals surface area contributed by atoms with Gasteiger partial charge >= 0.3 is 0 Å². The monoisotopic (exact) mass is 383 g/mol. The Kier molecular flexibility index (Phi) is 5.62. The second-order valence-corrected chi connectivity index (χ2v) is 6.00. The van der Waals surface area contributed by atoms with Crippen LogP contribution in [0.3, 0.4) is 0 Å². The van der Waals surface area contributed by atoms with E-state index in [1.165, 1.54) is 27.4 Å². The first-order chi connectivity index (χ1) is 13.1. The van der Waals surface area contributed by atoms with Gasteiger partial charge in [0, 0.05) is 10.9 Å². The van der Waals surface area contributed by atoms with Crippen molar-refractivity contribution in [3.63, 3.8) is 0 Å². The molecule has 0 saturated carbocycles. The van der Waals surface area contributed by atoms with Crippen LogP contribution in [0.25, 0.3) is 17.0 Å². The molecule has 5 nitrogen and oxygen atoms in total. The third-order valence-corrected chi connectivity index (χ3v) is 4.39. The lowest BCUT2D eigenvalue weighted by molar-refractivity contribution is 0.104. The fourth-order valence-corrected chi connectivity index (χ4v) is 2.98. The summed E-state index contributed by atoms with van der Waals surface area (Å²) in [5, 5.41) is 1.27. The molecule has 0 N–H and O–H groups in total. The van der Waals surface area contributed by atoms with Crippen molar-refractivity contribution in [3.8, 4) is 17.2 Å². The normalized spacial score (nSPS) is 11.0. The van der Waals surface area contributed by atoms with Gasteiger partial charge in [0.15, 0.2) is 17.3 Å². The lowest BCUT2D eigenvalue weighted by Crippen LogP contribution is -2.03. The summed E-state index contributed by atoms with van der Waals surface area (Å²) in [6, 6.07) is 12.8. The molecule has 0 bridgehead atoms. The molecule has 0 aliphatic carbocycles. The highest BCUT2D eigenvalue weighted by Gasteiger charge is 2.19. The van der Waals surface area contributed by atoms with Gasteiger partial charge in [-0.05, 0) is 36.4 Å². The van der Waals surface area contributed by atoms with Crippen LogP contribution in [0.4, 0.5) is 0 Å². The van der Waals surface area contributed by atoms with E-state index in [1.807, 2.05) is 30.3 Å². The molecule has 0 saturated heterocycles. The van der Waals surface area contributed by atoms with Crippen molar-refractivity contribution in [3.05, 3.63) is 64.8 Å². The predicted octanol–water partition coefficient (Wildman–Crippen LogP) is 4.81. The van der Waals surface area contributed by atoms with Crippen LogP contribution in [-0.2, 0) is 0 Å². The molecule has 1 heterocycles. The number of halogens is 1. The first kappa shape index (κ1) is 18.7. The number of ether oxygens (including phenoxy) is 3. The fraction of sp³-hybridized carbons (Fsp3) is 0.143. The molecule has 0 unspecified atom stereocenters. The summed E-state index contributed by atoms with van der Waals surface area (Å²) < 4.78 is 15.9. The van der Waals surface area contributed by atoms with Crippen molar-refractivity contribution in [2.75, 3.05) is 21.3 Å². The number of nitrogens with zero attached hydrogens (tertiary/aromatic N) is 1. The highest BCUT2D eigenvalue weighted by molar-refractivity contribution is 6.31. The number of allylic oxidation sites excluding steroid dienone is 1. The summed E-state index contributed by atoms with van der Waals surface area (Å²) in [5.41, 5.74) is 1.81. The average molecular weight is 384 g/mol. The molecule has 0 aliphatic rings. The van der Waals surface area contributed by atoms with E-state index >= 15 is 0 Å². The third-order valence-electron chi connectivity index (χ3n) is 4.09. The van der Waals surface area contributed by atoms with Crippen molar-refractivity contribution in [2.45, 2.75) is 0 Å². The van der Waals surface area contributed by atoms with Gasteiger partial charge in [-0.3, -0.25) is 4.79 Å². The van der Waals surface area contributed by atoms with E-state index in [0.717, 1.165) is 10.9 Å². The maximum absolute atomic E-state index is 12.7. The Morgan fingerprint density at radius 1 is 1.00 bits per heavy atom. The number of hydrogen-bond acceptors (Lipinski definition) is 5. The summed E-state index contributed by atoms with van der Waals surface area (Å²) in [7, 11) is 4.49. The Hall–Kier alpha value is -3.05. The van der Waals surface area contributed by atoms with Crippen LogP contribution in [0.1, 0.15) is 15.9 Å². The largest absolute Gasteiger partial charge is 0.493 e. The molecule has 0 spiro atoms. The van der Waals surface area contributed by atoms with Crippen LogP contribution in [0, 0.1) is 0 Å². The molecule has 138 valence electrons. The fourth-order valence-electron chi connectivity index (χ4n) is 2.78. The van der Waals surface area contributed by atoms with Crippen LogP contribution in [0.15, 0.2) is 48.5 Å². The summed E-state index contributed by atoms with van der Waals surface area (Å²) in [4.78, 5) is 17.1. The minimum Gasteiger partial charge on any atom is -0.493 e. The zero-order chi connectivity index (χ0) is 19.4. The molecule has 6 heteroatoms. The molecule has 0 radical (unpaired) electrons. The molecular formula is C21H18ClNO4. The summed E-state index contributed by atoms with van der Waals surface area (Å²) in [6.07, 6.45) is 3.07. The Balaban J connectivity index is 1.97. The maximum Gasteiger partial charge on any atom is 0.204 e. The second-order valence-electron chi connectivity index (χ2n) is 5.64. The molecule has 3 rings (SSSR count). The first-order valence-corrected chi connectivity index (χ1v) is 8.53. The van der Waals surface area contributed by atoms with E-state index in [9.17, 15) is 4.79 Å². The topological polar surface area (TPSA) is 57.7 Å². The molecule has 1 aromatic heterocycles. The zero-order valence-electron chi connectivity index (χ0n) is 15.2. The van der Waals surface area contributed by atoms with Gasteiger partial charge in [0.2, 0.25) is 5.75 Å². The van der Waals surface area contributed by atoms with Crippen LogP contribution < -0.4 is 14.2 Å². The van der Waals surface area contributed by atoms with E-state index in [-0.39, 0.29) is 5.78 Å². The first-order valence-electron chi connectivity index (χ1n) is 8.15. The van der Waals surface area contributed by atoms with E-state index in [4.69, 9.17) is 25.8 Å². The molecule has 0 aliphatic heterocycles. The molecule has 0 amide bonds. The Morgan fingerprint density at radius 3 is 2.44 bits per heavy atom. The van der Waals surface area contributed by atoms with Gasteiger partial charge in [0.25, 0.3) is 0 Å². The molecule has 0 fully saturated rings. The number of aromatic nitrogens is 1. The summed E-state index contributed by atoms with van der Waals surface area (Å²) >= 11 is 6.24. The molecular weight excluding hydrogens is 366 g/mol. The Labute approximate surface area is 162 Å². The Bertz CT molecular complexity index is 1030. The van der Waals surface area contributed by atoms with Crippen LogP contribution in [0.2, 0.25) is 5.15 Å². The third kappa shape index (κ3) is 3.73. The van der Waals surface area contributed by atoms with Crippen molar-refractivity contribution >= 4 is 34.4 Å². The van der Waals surface area contributed by atoms with E-state index in [0.29, 0.717) is 33.5 Å². The number of ketones is 1.